The number of aryl methyl sites for hydroxylation is 2. The van der Waals surface area contributed by atoms with Crippen LogP contribution in [0, 0.1) is 25.7 Å². The predicted octanol–water partition coefficient (Wildman–Crippen LogP) is 19.7. The third-order valence-electron chi connectivity index (χ3n) is 15.6. The predicted molar refractivity (Wildman–Crippen MR) is 309 cm³/mol. The molecule has 0 bridgehead atoms. The van der Waals surface area contributed by atoms with Crippen LogP contribution >= 0.6 is 34.4 Å². The molecule has 2 aliphatic heterocycles. The molecule has 0 fully saturated rings. The number of carbonyl (C=O) groups excluding carboxylic acids is 2. The largest absolute Gasteiger partial charge is 0.306 e. The maximum absolute atomic E-state index is 15.8. The Hall–Kier alpha value is -3.14. The van der Waals surface area contributed by atoms with E-state index in [0.717, 1.165) is 73.9 Å². The van der Waals surface area contributed by atoms with Gasteiger partial charge in [-0.05, 0) is 81.2 Å². The Labute approximate surface area is 444 Å². The third kappa shape index (κ3) is 16.7. The molecule has 0 spiro atoms. The number of nitrogens with zero attached hydrogens (tertiary/aromatic N) is 4. The fraction of sp³-hybridized carbons (Fsp3) is 0.677. The first-order valence-electron chi connectivity index (χ1n) is 29.3. The van der Waals surface area contributed by atoms with Gasteiger partial charge in [0.15, 0.2) is 0 Å². The molecule has 0 N–H and O–H groups in total. The lowest BCUT2D eigenvalue weighted by Gasteiger charge is -2.29. The number of hydrogen-bond donors (Lipinski definition) is 0. The van der Waals surface area contributed by atoms with E-state index in [1.54, 1.807) is 22.7 Å². The SMILES string of the molecule is CCCCCCCCCCC(CCCCCCCC)CN1C(=O)C2=C(c3ccc(-c4ccc(C)c5nsnc45)s3)N(CC(CCCCCCCC)CCCCCCCCCC)C(=O)C2=C1c1ccc(C)s1. The summed E-state index contributed by atoms with van der Waals surface area (Å²) in [7, 11) is 0. The van der Waals surface area contributed by atoms with E-state index < -0.39 is 0 Å². The highest BCUT2D eigenvalue weighted by Crippen LogP contribution is 2.50. The molecule has 2 amide bonds. The molecule has 0 aliphatic carbocycles. The Morgan fingerprint density at radius 2 is 0.789 bits per heavy atom. The Bertz CT molecular complexity index is 2260. The smallest absolute Gasteiger partial charge is 0.261 e. The number of thiophene rings is 2. The van der Waals surface area contributed by atoms with Gasteiger partial charge in [0.2, 0.25) is 0 Å². The first-order chi connectivity index (χ1) is 34.8. The van der Waals surface area contributed by atoms with Gasteiger partial charge in [-0.15, -0.1) is 22.7 Å². The van der Waals surface area contributed by atoms with Crippen LogP contribution in [0.4, 0.5) is 0 Å². The van der Waals surface area contributed by atoms with Crippen molar-refractivity contribution in [1.82, 2.24) is 18.5 Å². The van der Waals surface area contributed by atoms with Crippen LogP contribution in [0.25, 0.3) is 32.9 Å². The number of unbranched alkanes of at least 4 members (excludes halogenated alkanes) is 24. The summed E-state index contributed by atoms with van der Waals surface area (Å²) >= 11 is 4.70. The van der Waals surface area contributed by atoms with Crippen molar-refractivity contribution in [2.45, 2.75) is 247 Å². The van der Waals surface area contributed by atoms with Crippen molar-refractivity contribution in [2.24, 2.45) is 11.8 Å². The van der Waals surface area contributed by atoms with E-state index in [4.69, 9.17) is 4.37 Å². The molecule has 2 atom stereocenters. The summed E-state index contributed by atoms with van der Waals surface area (Å²) in [6, 6.07) is 13.1. The van der Waals surface area contributed by atoms with Crippen molar-refractivity contribution in [2.75, 3.05) is 13.1 Å². The summed E-state index contributed by atoms with van der Waals surface area (Å²) < 4.78 is 9.43. The van der Waals surface area contributed by atoms with Crippen LogP contribution in [0.3, 0.4) is 0 Å². The zero-order valence-corrected chi connectivity index (χ0v) is 47.9. The summed E-state index contributed by atoms with van der Waals surface area (Å²) in [5.41, 5.74) is 7.08. The lowest BCUT2D eigenvalue weighted by Crippen LogP contribution is -2.34. The number of rotatable bonds is 39. The van der Waals surface area contributed by atoms with Crippen LogP contribution in [0.1, 0.15) is 253 Å². The highest BCUT2D eigenvalue weighted by Gasteiger charge is 2.50. The van der Waals surface area contributed by atoms with E-state index in [1.807, 2.05) is 0 Å². The molecule has 0 saturated heterocycles. The Balaban J connectivity index is 1.35. The number of carbonyl (C=O) groups is 2. The second-order valence-electron chi connectivity index (χ2n) is 21.6. The van der Waals surface area contributed by atoms with E-state index in [-0.39, 0.29) is 11.8 Å². The minimum Gasteiger partial charge on any atom is -0.306 e. The average molecular weight is 1020 g/mol. The molecule has 6 rings (SSSR count). The first kappa shape index (κ1) is 57.1. The number of amides is 2. The van der Waals surface area contributed by atoms with Crippen molar-refractivity contribution < 1.29 is 9.59 Å². The Morgan fingerprint density at radius 3 is 1.20 bits per heavy atom. The van der Waals surface area contributed by atoms with Gasteiger partial charge in [0.25, 0.3) is 11.8 Å². The Morgan fingerprint density at radius 1 is 0.423 bits per heavy atom. The summed E-state index contributed by atoms with van der Waals surface area (Å²) in [5, 5.41) is 0. The second kappa shape index (κ2) is 31.6. The fourth-order valence-electron chi connectivity index (χ4n) is 11.3. The highest BCUT2D eigenvalue weighted by atomic mass is 32.1. The molecule has 392 valence electrons. The van der Waals surface area contributed by atoms with Gasteiger partial charge < -0.3 is 9.80 Å². The Kier molecular flexibility index (Phi) is 25.4. The van der Waals surface area contributed by atoms with Crippen molar-refractivity contribution in [3.63, 3.8) is 0 Å². The molecule has 9 heteroatoms. The number of hydrogen-bond acceptors (Lipinski definition) is 7. The van der Waals surface area contributed by atoms with Gasteiger partial charge in [-0.2, -0.15) is 8.75 Å². The minimum absolute atomic E-state index is 0.0303. The van der Waals surface area contributed by atoms with Gasteiger partial charge >= 0.3 is 0 Å². The molecule has 4 aromatic rings. The lowest BCUT2D eigenvalue weighted by atomic mass is 9.93. The van der Waals surface area contributed by atoms with Crippen LogP contribution in [0.2, 0.25) is 0 Å². The van der Waals surface area contributed by atoms with Crippen LogP contribution < -0.4 is 0 Å². The molecule has 3 aromatic heterocycles. The number of benzene rings is 1. The first-order valence-corrected chi connectivity index (χ1v) is 31.7. The molecular weight excluding hydrogens is 929 g/mol. The highest BCUT2D eigenvalue weighted by molar-refractivity contribution is 7.16. The molecule has 0 saturated carbocycles. The number of aromatic nitrogens is 2. The van der Waals surface area contributed by atoms with Crippen LogP contribution in [0.5, 0.6) is 0 Å². The zero-order chi connectivity index (χ0) is 50.2. The average Bonchev–Trinajstić information content (AvgIpc) is 4.23. The topological polar surface area (TPSA) is 66.4 Å². The van der Waals surface area contributed by atoms with E-state index >= 15 is 9.59 Å². The normalized spacial score (nSPS) is 14.9. The monoisotopic (exact) mass is 1020 g/mol. The van der Waals surface area contributed by atoms with Gasteiger partial charge in [-0.25, -0.2) is 0 Å². The molecule has 0 radical (unpaired) electrons. The minimum atomic E-state index is 0.0303. The molecule has 6 nitrogen and oxygen atoms in total. The van der Waals surface area contributed by atoms with Crippen molar-refractivity contribution >= 4 is 68.6 Å². The number of fused-ring (bicyclic) bond motifs is 2. The molecule has 2 aliphatic rings. The maximum atomic E-state index is 15.8. The quantitative estimate of drug-likeness (QED) is 0.0418. The lowest BCUT2D eigenvalue weighted by molar-refractivity contribution is -0.124. The fourth-order valence-corrected chi connectivity index (χ4v) is 14.0. The summed E-state index contributed by atoms with van der Waals surface area (Å²) in [6.07, 6.45) is 40.6. The van der Waals surface area contributed by atoms with Crippen LogP contribution in [-0.4, -0.2) is 43.5 Å². The third-order valence-corrected chi connectivity index (χ3v) is 18.3. The standard InChI is InChI=1S/C62H94N4O2S3/c1-7-11-15-19-23-25-29-33-37-49(35-31-27-21-17-13-9-3)45-65-59(53-42-40-48(6)69-53)55-56(62(65)68)60(54-44-43-52(70-54)51-41-39-47(5)57-58(51)64-71-63-57)66(61(55)67)46-50(36-32-28-22-18-14-10-4)38-34-30-26-24-20-16-12-8-2/h39-44,49-50H,7-38,45-46H2,1-6H3. The summed E-state index contributed by atoms with van der Waals surface area (Å²) in [6.45, 7) is 14.8. The molecule has 71 heavy (non-hydrogen) atoms. The molecule has 2 unspecified atom stereocenters. The van der Waals surface area contributed by atoms with E-state index in [2.05, 4.69) is 92.1 Å². The molecule has 5 heterocycles. The zero-order valence-electron chi connectivity index (χ0n) is 45.5. The molecule has 1 aromatic carbocycles. The van der Waals surface area contributed by atoms with Gasteiger partial charge in [-0.3, -0.25) is 9.59 Å². The second-order valence-corrected chi connectivity index (χ2v) is 24.5. The van der Waals surface area contributed by atoms with Crippen molar-refractivity contribution in [3.05, 3.63) is 67.7 Å². The van der Waals surface area contributed by atoms with Gasteiger partial charge in [0.05, 0.1) is 44.0 Å². The van der Waals surface area contributed by atoms with E-state index in [1.165, 1.54) is 196 Å². The van der Waals surface area contributed by atoms with E-state index in [9.17, 15) is 0 Å². The van der Waals surface area contributed by atoms with E-state index in [0.29, 0.717) is 36.1 Å². The maximum Gasteiger partial charge on any atom is 0.261 e. The van der Waals surface area contributed by atoms with Crippen LogP contribution in [0.15, 0.2) is 47.5 Å². The van der Waals surface area contributed by atoms with Gasteiger partial charge in [0, 0.05) is 28.4 Å². The van der Waals surface area contributed by atoms with Gasteiger partial charge in [0.1, 0.15) is 11.0 Å². The van der Waals surface area contributed by atoms with Gasteiger partial charge in [-0.1, -0.05) is 220 Å². The summed E-state index contributed by atoms with van der Waals surface area (Å²) in [5.74, 6) is 0.836. The van der Waals surface area contributed by atoms with Crippen molar-refractivity contribution in [1.29, 1.82) is 0 Å². The summed E-state index contributed by atoms with van der Waals surface area (Å²) in [4.78, 5) is 40.1. The van der Waals surface area contributed by atoms with Crippen LogP contribution in [-0.2, 0) is 9.59 Å². The van der Waals surface area contributed by atoms with Crippen molar-refractivity contribution in [3.8, 4) is 10.4 Å². The molecular formula is C62H94N4O2S3.